The van der Waals surface area contributed by atoms with E-state index < -0.39 is 0 Å². The van der Waals surface area contributed by atoms with Crippen molar-refractivity contribution in [3.05, 3.63) is 24.0 Å². The summed E-state index contributed by atoms with van der Waals surface area (Å²) >= 11 is 0. The van der Waals surface area contributed by atoms with Gasteiger partial charge >= 0.3 is 0 Å². The maximum absolute atomic E-state index is 13.9. The molecule has 1 saturated heterocycles. The molecule has 1 aromatic rings. The molecule has 0 spiro atoms. The van der Waals surface area contributed by atoms with Gasteiger partial charge in [-0.2, -0.15) is 0 Å². The van der Waals surface area contributed by atoms with Crippen LogP contribution in [0.25, 0.3) is 0 Å². The minimum atomic E-state index is -0.228. The van der Waals surface area contributed by atoms with Gasteiger partial charge in [0.05, 0.1) is 5.69 Å². The SMILES string of the molecule is C[C@@H]1CN(c2ccc(N)cc2F)C[C@@H](C)N1C. The summed E-state index contributed by atoms with van der Waals surface area (Å²) in [5.41, 5.74) is 6.70. The lowest BCUT2D eigenvalue weighted by Gasteiger charge is -2.43. The van der Waals surface area contributed by atoms with Crippen LogP contribution in [-0.4, -0.2) is 37.1 Å². The first kappa shape index (κ1) is 12.2. The van der Waals surface area contributed by atoms with Gasteiger partial charge in [0.2, 0.25) is 0 Å². The number of benzene rings is 1. The average molecular weight is 237 g/mol. The molecule has 1 aliphatic heterocycles. The third-order valence-corrected chi connectivity index (χ3v) is 3.67. The zero-order chi connectivity index (χ0) is 12.6. The molecule has 4 heteroatoms. The molecule has 2 atom stereocenters. The molecule has 0 aliphatic carbocycles. The van der Waals surface area contributed by atoms with E-state index in [9.17, 15) is 4.39 Å². The topological polar surface area (TPSA) is 32.5 Å². The predicted octanol–water partition coefficient (Wildman–Crippen LogP) is 1.94. The number of hydrogen-bond acceptors (Lipinski definition) is 3. The number of nitrogens with zero attached hydrogens (tertiary/aromatic N) is 2. The van der Waals surface area contributed by atoms with Crippen LogP contribution >= 0.6 is 0 Å². The lowest BCUT2D eigenvalue weighted by atomic mass is 10.1. The molecule has 1 heterocycles. The number of likely N-dealkylation sites (N-methyl/N-ethyl adjacent to an activating group) is 1. The summed E-state index contributed by atoms with van der Waals surface area (Å²) < 4.78 is 13.9. The van der Waals surface area contributed by atoms with Gasteiger partial charge in [-0.05, 0) is 39.1 Å². The number of piperazine rings is 1. The Morgan fingerprint density at radius 1 is 1.24 bits per heavy atom. The minimum Gasteiger partial charge on any atom is -0.399 e. The van der Waals surface area contributed by atoms with E-state index in [0.29, 0.717) is 23.5 Å². The quantitative estimate of drug-likeness (QED) is 0.758. The molecule has 17 heavy (non-hydrogen) atoms. The van der Waals surface area contributed by atoms with Gasteiger partial charge in [-0.25, -0.2) is 4.39 Å². The van der Waals surface area contributed by atoms with E-state index in [-0.39, 0.29) is 5.82 Å². The second kappa shape index (κ2) is 4.53. The molecular formula is C13H20FN3. The van der Waals surface area contributed by atoms with Crippen molar-refractivity contribution in [3.63, 3.8) is 0 Å². The Morgan fingerprint density at radius 2 is 1.82 bits per heavy atom. The van der Waals surface area contributed by atoms with Crippen molar-refractivity contribution in [2.75, 3.05) is 30.8 Å². The van der Waals surface area contributed by atoms with Crippen molar-refractivity contribution >= 4 is 11.4 Å². The second-order valence-electron chi connectivity index (χ2n) is 4.98. The molecule has 2 rings (SSSR count). The number of halogens is 1. The van der Waals surface area contributed by atoms with Gasteiger partial charge in [0.1, 0.15) is 5.82 Å². The van der Waals surface area contributed by atoms with Gasteiger partial charge in [0.15, 0.2) is 0 Å². The lowest BCUT2D eigenvalue weighted by Crippen LogP contribution is -2.55. The average Bonchev–Trinajstić information content (AvgIpc) is 2.25. The number of nitrogen functional groups attached to an aromatic ring is 1. The fraction of sp³-hybridized carbons (Fsp3) is 0.538. The molecule has 0 amide bonds. The Hall–Kier alpha value is -1.29. The summed E-state index contributed by atoms with van der Waals surface area (Å²) in [6, 6.07) is 5.77. The first-order chi connectivity index (χ1) is 7.99. The van der Waals surface area contributed by atoms with Crippen molar-refractivity contribution in [2.45, 2.75) is 25.9 Å². The Kier molecular flexibility index (Phi) is 3.24. The van der Waals surface area contributed by atoms with Gasteiger partial charge in [-0.15, -0.1) is 0 Å². The van der Waals surface area contributed by atoms with Crippen LogP contribution in [0.15, 0.2) is 18.2 Å². The maximum Gasteiger partial charge on any atom is 0.148 e. The van der Waals surface area contributed by atoms with E-state index in [1.807, 2.05) is 0 Å². The number of rotatable bonds is 1. The van der Waals surface area contributed by atoms with E-state index >= 15 is 0 Å². The smallest absolute Gasteiger partial charge is 0.148 e. The fourth-order valence-corrected chi connectivity index (χ4v) is 2.38. The summed E-state index contributed by atoms with van der Waals surface area (Å²) in [4.78, 5) is 4.43. The van der Waals surface area contributed by atoms with Crippen molar-refractivity contribution < 1.29 is 4.39 Å². The predicted molar refractivity (Wildman–Crippen MR) is 69.7 cm³/mol. The molecule has 1 aliphatic rings. The first-order valence-electron chi connectivity index (χ1n) is 6.01. The van der Waals surface area contributed by atoms with Gasteiger partial charge in [-0.1, -0.05) is 0 Å². The van der Waals surface area contributed by atoms with Crippen molar-refractivity contribution in [1.82, 2.24) is 4.90 Å². The van der Waals surface area contributed by atoms with E-state index in [0.717, 1.165) is 13.1 Å². The zero-order valence-electron chi connectivity index (χ0n) is 10.7. The van der Waals surface area contributed by atoms with Gasteiger partial charge in [0.25, 0.3) is 0 Å². The number of nitrogens with two attached hydrogens (primary N) is 1. The highest BCUT2D eigenvalue weighted by Gasteiger charge is 2.27. The molecule has 1 fully saturated rings. The van der Waals surface area contributed by atoms with Crippen molar-refractivity contribution in [3.8, 4) is 0 Å². The van der Waals surface area contributed by atoms with Crippen molar-refractivity contribution in [2.24, 2.45) is 0 Å². The Balaban J connectivity index is 2.23. The summed E-state index contributed by atoms with van der Waals surface area (Å²) in [7, 11) is 2.12. The summed E-state index contributed by atoms with van der Waals surface area (Å²) in [5, 5.41) is 0. The molecule has 1 aromatic carbocycles. The van der Waals surface area contributed by atoms with E-state index in [1.54, 1.807) is 12.1 Å². The standard InChI is InChI=1S/C13H20FN3/c1-9-7-17(8-10(2)16(9)3)13-5-4-11(15)6-12(13)14/h4-6,9-10H,7-8,15H2,1-3H3/t9-,10-/m1/s1. The third-order valence-electron chi connectivity index (χ3n) is 3.67. The number of anilines is 2. The molecule has 3 nitrogen and oxygen atoms in total. The van der Waals surface area contributed by atoms with E-state index in [2.05, 4.69) is 30.7 Å². The Morgan fingerprint density at radius 3 is 2.35 bits per heavy atom. The van der Waals surface area contributed by atoms with Crippen LogP contribution in [-0.2, 0) is 0 Å². The lowest BCUT2D eigenvalue weighted by molar-refractivity contribution is 0.169. The van der Waals surface area contributed by atoms with Crippen LogP contribution in [0.3, 0.4) is 0 Å². The Bertz CT molecular complexity index is 396. The van der Waals surface area contributed by atoms with Gasteiger partial charge in [0, 0.05) is 30.9 Å². The minimum absolute atomic E-state index is 0.228. The second-order valence-corrected chi connectivity index (χ2v) is 4.98. The molecular weight excluding hydrogens is 217 g/mol. The monoisotopic (exact) mass is 237 g/mol. The summed E-state index contributed by atoms with van der Waals surface area (Å²) in [5.74, 6) is -0.228. The molecule has 0 saturated carbocycles. The van der Waals surface area contributed by atoms with Crippen LogP contribution in [0.5, 0.6) is 0 Å². The maximum atomic E-state index is 13.9. The molecule has 0 unspecified atom stereocenters. The van der Waals surface area contributed by atoms with Gasteiger partial charge < -0.3 is 10.6 Å². The molecule has 0 radical (unpaired) electrons. The highest BCUT2D eigenvalue weighted by Crippen LogP contribution is 2.25. The summed E-state index contributed by atoms with van der Waals surface area (Å²) in [6.07, 6.45) is 0. The first-order valence-corrected chi connectivity index (χ1v) is 6.01. The van der Waals surface area contributed by atoms with E-state index in [1.165, 1.54) is 6.07 Å². The van der Waals surface area contributed by atoms with Crippen LogP contribution in [0.1, 0.15) is 13.8 Å². The molecule has 0 aromatic heterocycles. The third kappa shape index (κ3) is 2.36. The highest BCUT2D eigenvalue weighted by atomic mass is 19.1. The molecule has 2 N–H and O–H groups in total. The molecule has 0 bridgehead atoms. The Labute approximate surface area is 102 Å². The zero-order valence-corrected chi connectivity index (χ0v) is 10.7. The van der Waals surface area contributed by atoms with Crippen LogP contribution in [0.4, 0.5) is 15.8 Å². The largest absolute Gasteiger partial charge is 0.399 e. The van der Waals surface area contributed by atoms with Crippen LogP contribution < -0.4 is 10.6 Å². The normalized spacial score (nSPS) is 26.2. The van der Waals surface area contributed by atoms with Crippen molar-refractivity contribution in [1.29, 1.82) is 0 Å². The van der Waals surface area contributed by atoms with E-state index in [4.69, 9.17) is 5.73 Å². The number of hydrogen-bond donors (Lipinski definition) is 1. The fourth-order valence-electron chi connectivity index (χ4n) is 2.38. The van der Waals surface area contributed by atoms with Gasteiger partial charge in [-0.3, -0.25) is 4.90 Å². The van der Waals surface area contributed by atoms with Crippen LogP contribution in [0, 0.1) is 5.82 Å². The highest BCUT2D eigenvalue weighted by molar-refractivity contribution is 5.55. The molecule has 94 valence electrons. The van der Waals surface area contributed by atoms with Crippen LogP contribution in [0.2, 0.25) is 0 Å². The summed E-state index contributed by atoms with van der Waals surface area (Å²) in [6.45, 7) is 6.03.